The van der Waals surface area contributed by atoms with E-state index in [1.807, 2.05) is 31.2 Å². The van der Waals surface area contributed by atoms with Gasteiger partial charge in [-0.3, -0.25) is 4.79 Å². The van der Waals surface area contributed by atoms with Gasteiger partial charge in [-0.05, 0) is 44.0 Å². The summed E-state index contributed by atoms with van der Waals surface area (Å²) in [4.78, 5) is 12.2. The number of hydrogen-bond acceptors (Lipinski definition) is 5. The number of hydrogen-bond donors (Lipinski definition) is 3. The van der Waals surface area contributed by atoms with E-state index in [0.29, 0.717) is 0 Å². The summed E-state index contributed by atoms with van der Waals surface area (Å²) >= 11 is 0. The molecule has 0 radical (unpaired) electrons. The van der Waals surface area contributed by atoms with Gasteiger partial charge in [0.1, 0.15) is 0 Å². The maximum atomic E-state index is 12.2. The summed E-state index contributed by atoms with van der Waals surface area (Å²) in [6, 6.07) is 7.88. The number of carbonyl (C=O) groups is 1. The molecular formula is C17H23N5O2. The van der Waals surface area contributed by atoms with E-state index in [1.165, 1.54) is 0 Å². The molecule has 1 aromatic carbocycles. The molecule has 3 N–H and O–H groups in total. The first-order chi connectivity index (χ1) is 11.6. The van der Waals surface area contributed by atoms with Gasteiger partial charge in [0.25, 0.3) is 5.91 Å². The molecule has 128 valence electrons. The Morgan fingerprint density at radius 2 is 2.17 bits per heavy atom. The zero-order valence-electron chi connectivity index (χ0n) is 13.8. The number of piperidine rings is 1. The summed E-state index contributed by atoms with van der Waals surface area (Å²) in [6.45, 7) is 3.98. The van der Waals surface area contributed by atoms with Crippen LogP contribution < -0.4 is 10.6 Å². The van der Waals surface area contributed by atoms with Crippen molar-refractivity contribution in [3.63, 3.8) is 0 Å². The Labute approximate surface area is 141 Å². The van der Waals surface area contributed by atoms with Crippen LogP contribution in [0.3, 0.4) is 0 Å². The highest BCUT2D eigenvalue weighted by molar-refractivity contribution is 5.91. The molecule has 1 amide bonds. The third-order valence-corrected chi connectivity index (χ3v) is 4.43. The van der Waals surface area contributed by atoms with Crippen molar-refractivity contribution in [3.8, 4) is 0 Å². The molecule has 2 aromatic rings. The van der Waals surface area contributed by atoms with Gasteiger partial charge in [0.05, 0.1) is 18.3 Å². The molecular weight excluding hydrogens is 306 g/mol. The molecule has 1 unspecified atom stereocenters. The summed E-state index contributed by atoms with van der Waals surface area (Å²) < 4.78 is 1.77. The zero-order valence-corrected chi connectivity index (χ0v) is 13.8. The van der Waals surface area contributed by atoms with Crippen LogP contribution in [0.5, 0.6) is 0 Å². The molecule has 0 saturated carbocycles. The van der Waals surface area contributed by atoms with E-state index in [9.17, 15) is 9.90 Å². The van der Waals surface area contributed by atoms with Crippen LogP contribution in [0.2, 0.25) is 0 Å². The molecule has 1 saturated heterocycles. The third-order valence-electron chi connectivity index (χ3n) is 4.43. The van der Waals surface area contributed by atoms with Crippen molar-refractivity contribution in [1.29, 1.82) is 0 Å². The van der Waals surface area contributed by atoms with Gasteiger partial charge in [0, 0.05) is 6.54 Å². The fourth-order valence-electron chi connectivity index (χ4n) is 2.98. The lowest BCUT2D eigenvalue weighted by Crippen LogP contribution is -2.30. The molecule has 3 rings (SSSR count). The van der Waals surface area contributed by atoms with Crippen LogP contribution in [0.25, 0.3) is 0 Å². The molecule has 1 fully saturated rings. The predicted molar refractivity (Wildman–Crippen MR) is 89.6 cm³/mol. The van der Waals surface area contributed by atoms with E-state index in [4.69, 9.17) is 0 Å². The van der Waals surface area contributed by atoms with Gasteiger partial charge < -0.3 is 15.7 Å². The SMILES string of the molecule is Cc1ccccc1C(O)CNC(=O)c1cn(C2CCNCC2)nn1. The van der Waals surface area contributed by atoms with Crippen LogP contribution in [-0.4, -0.2) is 45.6 Å². The van der Waals surface area contributed by atoms with E-state index < -0.39 is 6.10 Å². The molecule has 1 aliphatic heterocycles. The van der Waals surface area contributed by atoms with E-state index in [2.05, 4.69) is 20.9 Å². The Balaban J connectivity index is 1.57. The van der Waals surface area contributed by atoms with E-state index in [0.717, 1.165) is 37.1 Å². The Bertz CT molecular complexity index is 694. The summed E-state index contributed by atoms with van der Waals surface area (Å²) in [5.74, 6) is -0.317. The largest absolute Gasteiger partial charge is 0.387 e. The zero-order chi connectivity index (χ0) is 16.9. The molecule has 1 atom stereocenters. The third kappa shape index (κ3) is 3.80. The van der Waals surface area contributed by atoms with Gasteiger partial charge in [-0.2, -0.15) is 0 Å². The second-order valence-corrected chi connectivity index (χ2v) is 6.15. The van der Waals surface area contributed by atoms with Gasteiger partial charge in [-0.25, -0.2) is 4.68 Å². The summed E-state index contributed by atoms with van der Waals surface area (Å²) in [5.41, 5.74) is 2.10. The van der Waals surface area contributed by atoms with Crippen molar-refractivity contribution in [2.75, 3.05) is 19.6 Å². The second-order valence-electron chi connectivity index (χ2n) is 6.15. The van der Waals surface area contributed by atoms with Crippen LogP contribution in [0.1, 0.15) is 46.6 Å². The van der Waals surface area contributed by atoms with E-state index >= 15 is 0 Å². The number of nitrogens with zero attached hydrogens (tertiary/aromatic N) is 3. The van der Waals surface area contributed by atoms with Gasteiger partial charge >= 0.3 is 0 Å². The van der Waals surface area contributed by atoms with E-state index in [1.54, 1.807) is 10.9 Å². The Morgan fingerprint density at radius 3 is 2.92 bits per heavy atom. The number of benzene rings is 1. The second kappa shape index (κ2) is 7.55. The number of aliphatic hydroxyl groups is 1. The smallest absolute Gasteiger partial charge is 0.273 e. The maximum absolute atomic E-state index is 12.2. The van der Waals surface area contributed by atoms with Crippen LogP contribution in [-0.2, 0) is 0 Å². The molecule has 7 nitrogen and oxygen atoms in total. The Hall–Kier alpha value is -2.25. The minimum absolute atomic E-state index is 0.143. The van der Waals surface area contributed by atoms with Crippen LogP contribution in [0.15, 0.2) is 30.5 Å². The van der Waals surface area contributed by atoms with Crippen molar-refractivity contribution in [1.82, 2.24) is 25.6 Å². The number of amides is 1. The highest BCUT2D eigenvalue weighted by atomic mass is 16.3. The molecule has 7 heteroatoms. The molecule has 2 heterocycles. The van der Waals surface area contributed by atoms with Gasteiger partial charge in [0.15, 0.2) is 5.69 Å². The number of nitrogens with one attached hydrogen (secondary N) is 2. The molecule has 1 aromatic heterocycles. The Morgan fingerprint density at radius 1 is 1.42 bits per heavy atom. The first-order valence-corrected chi connectivity index (χ1v) is 8.29. The minimum atomic E-state index is -0.741. The monoisotopic (exact) mass is 329 g/mol. The fraction of sp³-hybridized carbons (Fsp3) is 0.471. The highest BCUT2D eigenvalue weighted by Gasteiger charge is 2.19. The molecule has 0 spiro atoms. The average molecular weight is 329 g/mol. The van der Waals surface area contributed by atoms with Crippen LogP contribution >= 0.6 is 0 Å². The lowest BCUT2D eigenvalue weighted by molar-refractivity contribution is 0.0911. The fourth-order valence-corrected chi connectivity index (χ4v) is 2.98. The van der Waals surface area contributed by atoms with E-state index in [-0.39, 0.29) is 24.2 Å². The highest BCUT2D eigenvalue weighted by Crippen LogP contribution is 2.18. The summed E-state index contributed by atoms with van der Waals surface area (Å²) in [6.07, 6.45) is 2.91. The molecule has 24 heavy (non-hydrogen) atoms. The van der Waals surface area contributed by atoms with Crippen molar-refractivity contribution in [2.24, 2.45) is 0 Å². The number of rotatable bonds is 5. The maximum Gasteiger partial charge on any atom is 0.273 e. The number of aliphatic hydroxyl groups excluding tert-OH is 1. The molecule has 0 aliphatic carbocycles. The summed E-state index contributed by atoms with van der Waals surface area (Å²) in [5, 5.41) is 24.3. The summed E-state index contributed by atoms with van der Waals surface area (Å²) in [7, 11) is 0. The number of carbonyl (C=O) groups excluding carboxylic acids is 1. The lowest BCUT2D eigenvalue weighted by Gasteiger charge is -2.22. The normalized spacial score (nSPS) is 16.8. The molecule has 1 aliphatic rings. The average Bonchev–Trinajstić information content (AvgIpc) is 3.11. The number of aromatic nitrogens is 3. The number of aryl methyl sites for hydroxylation is 1. The standard InChI is InChI=1S/C17H23N5O2/c1-12-4-2-3-5-14(12)16(23)10-19-17(24)15-11-22(21-20-15)13-6-8-18-9-7-13/h2-5,11,13,16,18,23H,6-10H2,1H3,(H,19,24). The minimum Gasteiger partial charge on any atom is -0.387 e. The first kappa shape index (κ1) is 16.6. The van der Waals surface area contributed by atoms with Gasteiger partial charge in [0.2, 0.25) is 0 Å². The van der Waals surface area contributed by atoms with Crippen LogP contribution in [0, 0.1) is 6.92 Å². The topological polar surface area (TPSA) is 92.1 Å². The van der Waals surface area contributed by atoms with Gasteiger partial charge in [-0.1, -0.05) is 29.5 Å². The lowest BCUT2D eigenvalue weighted by atomic mass is 10.0. The Kier molecular flexibility index (Phi) is 5.22. The van der Waals surface area contributed by atoms with Gasteiger partial charge in [-0.15, -0.1) is 5.10 Å². The first-order valence-electron chi connectivity index (χ1n) is 8.29. The van der Waals surface area contributed by atoms with Crippen molar-refractivity contribution in [3.05, 3.63) is 47.3 Å². The van der Waals surface area contributed by atoms with Crippen molar-refractivity contribution < 1.29 is 9.90 Å². The van der Waals surface area contributed by atoms with Crippen LogP contribution in [0.4, 0.5) is 0 Å². The molecule has 0 bridgehead atoms. The quantitative estimate of drug-likeness (QED) is 0.760. The van der Waals surface area contributed by atoms with Crippen molar-refractivity contribution in [2.45, 2.75) is 31.9 Å². The van der Waals surface area contributed by atoms with Crippen molar-refractivity contribution >= 4 is 5.91 Å². The predicted octanol–water partition coefficient (Wildman–Crippen LogP) is 0.974.